The highest BCUT2D eigenvalue weighted by atomic mass is 16.6. The monoisotopic (exact) mass is 243 g/mol. The Bertz CT molecular complexity index is 558. The topological polar surface area (TPSA) is 70.2 Å². The number of nitro benzene ring substituents is 1. The Balaban J connectivity index is 1.96. The first-order chi connectivity index (χ1) is 8.63. The molecule has 0 unspecified atom stereocenters. The van der Waals surface area contributed by atoms with Gasteiger partial charge in [-0.25, -0.2) is 0 Å². The van der Waals surface area contributed by atoms with Crippen LogP contribution in [0.3, 0.4) is 0 Å². The molecule has 1 spiro atoms. The molecule has 92 valence electrons. The van der Waals surface area contributed by atoms with Crippen molar-refractivity contribution in [1.29, 1.82) is 5.26 Å². The number of nitriles is 1. The minimum Gasteiger partial charge on any atom is -0.365 e. The summed E-state index contributed by atoms with van der Waals surface area (Å²) in [6.45, 7) is 1.80. The van der Waals surface area contributed by atoms with E-state index in [-0.39, 0.29) is 5.69 Å². The lowest BCUT2D eigenvalue weighted by Crippen LogP contribution is -2.21. The third-order valence-electron chi connectivity index (χ3n) is 4.04. The van der Waals surface area contributed by atoms with Gasteiger partial charge in [0.05, 0.1) is 16.6 Å². The van der Waals surface area contributed by atoms with E-state index in [0.717, 1.165) is 19.5 Å². The lowest BCUT2D eigenvalue weighted by atomic mass is 10.1. The lowest BCUT2D eigenvalue weighted by Gasteiger charge is -2.18. The Kier molecular flexibility index (Phi) is 2.27. The van der Waals surface area contributed by atoms with Gasteiger partial charge < -0.3 is 4.90 Å². The zero-order valence-corrected chi connectivity index (χ0v) is 9.93. The second-order valence-electron chi connectivity index (χ2n) is 5.24. The van der Waals surface area contributed by atoms with E-state index >= 15 is 0 Å². The van der Waals surface area contributed by atoms with E-state index in [9.17, 15) is 10.1 Å². The molecule has 0 radical (unpaired) electrons. The SMILES string of the molecule is N#Cc1ccc(N2CCC3(CC3)C2)c([N+](=O)[O-])c1. The molecule has 1 aromatic carbocycles. The van der Waals surface area contributed by atoms with Gasteiger partial charge in [-0.15, -0.1) is 0 Å². The molecule has 3 rings (SSSR count). The average molecular weight is 243 g/mol. The van der Waals surface area contributed by atoms with Gasteiger partial charge in [-0.2, -0.15) is 5.26 Å². The van der Waals surface area contributed by atoms with Crippen LogP contribution in [-0.4, -0.2) is 18.0 Å². The van der Waals surface area contributed by atoms with E-state index in [4.69, 9.17) is 5.26 Å². The molecular formula is C13H13N3O2. The fourth-order valence-corrected chi connectivity index (χ4v) is 2.73. The maximum atomic E-state index is 11.1. The van der Waals surface area contributed by atoms with E-state index < -0.39 is 4.92 Å². The first-order valence-electron chi connectivity index (χ1n) is 6.07. The fraction of sp³-hybridized carbons (Fsp3) is 0.462. The molecule has 1 saturated carbocycles. The molecule has 5 heteroatoms. The highest BCUT2D eigenvalue weighted by Crippen LogP contribution is 2.54. The molecule has 0 amide bonds. The number of nitro groups is 1. The smallest absolute Gasteiger partial charge is 0.293 e. The van der Waals surface area contributed by atoms with Crippen molar-refractivity contribution in [2.75, 3.05) is 18.0 Å². The summed E-state index contributed by atoms with van der Waals surface area (Å²) in [6, 6.07) is 6.67. The number of hydrogen-bond donors (Lipinski definition) is 0. The molecule has 18 heavy (non-hydrogen) atoms. The Morgan fingerprint density at radius 3 is 2.72 bits per heavy atom. The summed E-state index contributed by atoms with van der Waals surface area (Å²) in [5.74, 6) is 0. The summed E-state index contributed by atoms with van der Waals surface area (Å²) in [7, 11) is 0. The summed E-state index contributed by atoms with van der Waals surface area (Å²) >= 11 is 0. The molecule has 2 aliphatic rings. The van der Waals surface area contributed by atoms with Crippen molar-refractivity contribution >= 4 is 11.4 Å². The van der Waals surface area contributed by atoms with E-state index in [1.54, 1.807) is 12.1 Å². The standard InChI is InChI=1S/C13H13N3O2/c14-8-10-1-2-11(12(7-10)16(17)18)15-6-5-13(9-15)3-4-13/h1-2,7H,3-6,9H2. The van der Waals surface area contributed by atoms with E-state index in [2.05, 4.69) is 4.90 Å². The van der Waals surface area contributed by atoms with Gasteiger partial charge in [0.15, 0.2) is 0 Å². The van der Waals surface area contributed by atoms with Crippen molar-refractivity contribution in [1.82, 2.24) is 0 Å². The van der Waals surface area contributed by atoms with Crippen molar-refractivity contribution in [3.63, 3.8) is 0 Å². The zero-order chi connectivity index (χ0) is 12.8. The summed E-state index contributed by atoms with van der Waals surface area (Å²) < 4.78 is 0. The van der Waals surface area contributed by atoms with Crippen LogP contribution in [0, 0.1) is 26.9 Å². The van der Waals surface area contributed by atoms with Crippen LogP contribution in [-0.2, 0) is 0 Å². The fourth-order valence-electron chi connectivity index (χ4n) is 2.73. The van der Waals surface area contributed by atoms with E-state index in [1.165, 1.54) is 18.9 Å². The van der Waals surface area contributed by atoms with Gasteiger partial charge in [0.1, 0.15) is 5.69 Å². The van der Waals surface area contributed by atoms with Gasteiger partial charge in [0.25, 0.3) is 5.69 Å². The van der Waals surface area contributed by atoms with Crippen molar-refractivity contribution in [2.24, 2.45) is 5.41 Å². The first-order valence-corrected chi connectivity index (χ1v) is 6.07. The summed E-state index contributed by atoms with van der Waals surface area (Å²) in [5.41, 5.74) is 1.47. The molecule has 1 heterocycles. The van der Waals surface area contributed by atoms with E-state index in [0.29, 0.717) is 16.7 Å². The molecule has 0 bridgehead atoms. The van der Waals surface area contributed by atoms with Gasteiger partial charge in [0.2, 0.25) is 0 Å². The molecule has 5 nitrogen and oxygen atoms in total. The highest BCUT2D eigenvalue weighted by Gasteiger charge is 2.48. The molecular weight excluding hydrogens is 230 g/mol. The van der Waals surface area contributed by atoms with Gasteiger partial charge in [-0.05, 0) is 36.8 Å². The van der Waals surface area contributed by atoms with Crippen molar-refractivity contribution in [2.45, 2.75) is 19.3 Å². The second kappa shape index (κ2) is 3.70. The van der Waals surface area contributed by atoms with Crippen molar-refractivity contribution in [3.8, 4) is 6.07 Å². The van der Waals surface area contributed by atoms with Crippen molar-refractivity contribution < 1.29 is 4.92 Å². The normalized spacial score (nSPS) is 19.8. The molecule has 2 fully saturated rings. The third-order valence-corrected chi connectivity index (χ3v) is 4.04. The molecule has 0 aromatic heterocycles. The van der Waals surface area contributed by atoms with Gasteiger partial charge in [-0.1, -0.05) is 0 Å². The summed E-state index contributed by atoms with van der Waals surface area (Å²) in [6.07, 6.45) is 3.62. The first kappa shape index (κ1) is 11.0. The molecule has 0 atom stereocenters. The van der Waals surface area contributed by atoms with Crippen LogP contribution in [0.15, 0.2) is 18.2 Å². The third kappa shape index (κ3) is 1.70. The number of rotatable bonds is 2. The van der Waals surface area contributed by atoms with Crippen molar-refractivity contribution in [3.05, 3.63) is 33.9 Å². The minimum atomic E-state index is -0.395. The quantitative estimate of drug-likeness (QED) is 0.591. The summed E-state index contributed by atoms with van der Waals surface area (Å²) in [5, 5.41) is 19.9. The Hall–Kier alpha value is -2.09. The molecule has 1 saturated heterocycles. The van der Waals surface area contributed by atoms with Crippen LogP contribution in [0.25, 0.3) is 0 Å². The highest BCUT2D eigenvalue weighted by molar-refractivity contribution is 5.66. The van der Waals surface area contributed by atoms with Crippen LogP contribution in [0.5, 0.6) is 0 Å². The number of hydrogen-bond acceptors (Lipinski definition) is 4. The van der Waals surface area contributed by atoms with Gasteiger partial charge in [-0.3, -0.25) is 10.1 Å². The molecule has 0 N–H and O–H groups in total. The van der Waals surface area contributed by atoms with Crippen LogP contribution in [0.4, 0.5) is 11.4 Å². The van der Waals surface area contributed by atoms with Gasteiger partial charge in [0, 0.05) is 19.2 Å². The maximum Gasteiger partial charge on any atom is 0.293 e. The Morgan fingerprint density at radius 1 is 1.39 bits per heavy atom. The van der Waals surface area contributed by atoms with Crippen LogP contribution < -0.4 is 4.90 Å². The minimum absolute atomic E-state index is 0.0479. The largest absolute Gasteiger partial charge is 0.365 e. The maximum absolute atomic E-state index is 11.1. The second-order valence-corrected chi connectivity index (χ2v) is 5.24. The predicted molar refractivity (Wildman–Crippen MR) is 66.3 cm³/mol. The zero-order valence-electron chi connectivity index (χ0n) is 9.93. The molecule has 1 aliphatic heterocycles. The van der Waals surface area contributed by atoms with Crippen LogP contribution in [0.2, 0.25) is 0 Å². The average Bonchev–Trinajstić information content (AvgIpc) is 2.99. The van der Waals surface area contributed by atoms with Crippen LogP contribution in [0.1, 0.15) is 24.8 Å². The molecule has 1 aromatic rings. The van der Waals surface area contributed by atoms with Crippen LogP contribution >= 0.6 is 0 Å². The Morgan fingerprint density at radius 2 is 2.17 bits per heavy atom. The lowest BCUT2D eigenvalue weighted by molar-refractivity contribution is -0.384. The number of anilines is 1. The predicted octanol–water partition coefficient (Wildman–Crippen LogP) is 2.46. The molecule has 1 aliphatic carbocycles. The number of benzene rings is 1. The van der Waals surface area contributed by atoms with Gasteiger partial charge >= 0.3 is 0 Å². The van der Waals surface area contributed by atoms with E-state index in [1.807, 2.05) is 6.07 Å². The summed E-state index contributed by atoms with van der Waals surface area (Å²) in [4.78, 5) is 12.8. The number of nitrogens with zero attached hydrogens (tertiary/aromatic N) is 3. The Labute approximate surface area is 105 Å².